The number of nitrogens with one attached hydrogen (secondary N) is 1. The van der Waals surface area contributed by atoms with E-state index in [0.717, 1.165) is 41.2 Å². The van der Waals surface area contributed by atoms with Gasteiger partial charge in [0.25, 0.3) is 0 Å². The maximum atomic E-state index is 12.0. The van der Waals surface area contributed by atoms with Gasteiger partial charge in [0.2, 0.25) is 5.91 Å². The van der Waals surface area contributed by atoms with Gasteiger partial charge in [-0.15, -0.1) is 8.58 Å². The molecule has 0 aromatic heterocycles. The number of primary amides is 1. The standard InChI is InChI=1S/C21H24BrN4O2P/c1-28-17-10-13(22)6-8-14(17)12-5-7-15-16(9-12)25-26-19(20(23)27)18(15)24-21(29-2)11-3-4-11/h5-11,18-19,21,24,29H,3-4H2,1-2H3,(H2,23,27). The molecule has 2 aliphatic rings. The lowest BCUT2D eigenvalue weighted by molar-refractivity contribution is -0.120. The minimum atomic E-state index is -0.687. The predicted molar refractivity (Wildman–Crippen MR) is 120 cm³/mol. The van der Waals surface area contributed by atoms with Crippen molar-refractivity contribution in [1.29, 1.82) is 0 Å². The number of carbonyl (C=O) groups is 1. The van der Waals surface area contributed by atoms with Crippen molar-refractivity contribution in [2.75, 3.05) is 13.8 Å². The van der Waals surface area contributed by atoms with Gasteiger partial charge in [-0.1, -0.05) is 28.1 Å². The summed E-state index contributed by atoms with van der Waals surface area (Å²) in [7, 11) is 2.41. The van der Waals surface area contributed by atoms with Gasteiger partial charge in [-0.2, -0.15) is 10.2 Å². The zero-order chi connectivity index (χ0) is 20.5. The lowest BCUT2D eigenvalue weighted by atomic mass is 9.93. The second-order valence-electron chi connectivity index (χ2n) is 7.43. The molecule has 1 saturated carbocycles. The summed E-state index contributed by atoms with van der Waals surface area (Å²) >= 11 is 3.48. The lowest BCUT2D eigenvalue weighted by Gasteiger charge is -2.31. The molecule has 1 amide bonds. The summed E-state index contributed by atoms with van der Waals surface area (Å²) in [5.41, 5.74) is 9.33. The van der Waals surface area contributed by atoms with Crippen LogP contribution in [0.25, 0.3) is 11.1 Å². The molecule has 4 rings (SSSR count). The minimum Gasteiger partial charge on any atom is -0.496 e. The average Bonchev–Trinajstić information content (AvgIpc) is 3.56. The molecule has 152 valence electrons. The summed E-state index contributed by atoms with van der Waals surface area (Å²) in [4.78, 5) is 12.0. The fraction of sp³-hybridized carbons (Fsp3) is 0.381. The number of amides is 1. The van der Waals surface area contributed by atoms with Crippen LogP contribution in [0.1, 0.15) is 24.4 Å². The molecule has 0 saturated heterocycles. The molecule has 1 heterocycles. The van der Waals surface area contributed by atoms with E-state index >= 15 is 0 Å². The highest BCUT2D eigenvalue weighted by molar-refractivity contribution is 9.10. The van der Waals surface area contributed by atoms with Crippen LogP contribution in [0.15, 0.2) is 51.1 Å². The number of methoxy groups -OCH3 is 1. The van der Waals surface area contributed by atoms with Crippen LogP contribution < -0.4 is 15.8 Å². The van der Waals surface area contributed by atoms with Crippen molar-refractivity contribution < 1.29 is 9.53 Å². The van der Waals surface area contributed by atoms with Gasteiger partial charge in [0, 0.05) is 15.8 Å². The van der Waals surface area contributed by atoms with E-state index < -0.39 is 11.9 Å². The van der Waals surface area contributed by atoms with Crippen LogP contribution in [0.5, 0.6) is 5.75 Å². The van der Waals surface area contributed by atoms with E-state index in [1.54, 1.807) is 7.11 Å². The third-order valence-electron chi connectivity index (χ3n) is 5.50. The number of nitrogens with two attached hydrogens (primary N) is 1. The molecule has 1 aliphatic heterocycles. The highest BCUT2D eigenvalue weighted by Crippen LogP contribution is 2.44. The molecule has 4 atom stereocenters. The van der Waals surface area contributed by atoms with Gasteiger partial charge in [-0.05, 0) is 60.8 Å². The van der Waals surface area contributed by atoms with Gasteiger partial charge in [-0.25, -0.2) is 0 Å². The first-order valence-corrected chi connectivity index (χ1v) is 12.0. The number of hydrogen-bond acceptors (Lipinski definition) is 5. The molecule has 0 spiro atoms. The Morgan fingerprint density at radius 3 is 2.76 bits per heavy atom. The van der Waals surface area contributed by atoms with Gasteiger partial charge < -0.3 is 15.8 Å². The van der Waals surface area contributed by atoms with Gasteiger partial charge in [0.15, 0.2) is 6.04 Å². The Balaban J connectivity index is 1.71. The quantitative estimate of drug-likeness (QED) is 0.567. The van der Waals surface area contributed by atoms with Crippen LogP contribution in [0.4, 0.5) is 5.69 Å². The van der Waals surface area contributed by atoms with E-state index in [0.29, 0.717) is 11.7 Å². The lowest BCUT2D eigenvalue weighted by Crippen LogP contribution is -2.44. The van der Waals surface area contributed by atoms with E-state index in [-0.39, 0.29) is 6.04 Å². The number of rotatable bonds is 7. The van der Waals surface area contributed by atoms with E-state index in [2.05, 4.69) is 38.1 Å². The van der Waals surface area contributed by atoms with Crippen LogP contribution >= 0.6 is 24.5 Å². The number of ether oxygens (including phenoxy) is 1. The minimum absolute atomic E-state index is 0.251. The SMILES string of the molecule is COc1cc(Br)ccc1-c1ccc2c(c1)N=NC(C(N)=O)C2NC(PC)C1CC1. The topological polar surface area (TPSA) is 89.1 Å². The second-order valence-corrected chi connectivity index (χ2v) is 9.54. The zero-order valence-corrected chi connectivity index (χ0v) is 18.9. The molecule has 6 nitrogen and oxygen atoms in total. The van der Waals surface area contributed by atoms with Gasteiger partial charge in [-0.3, -0.25) is 4.79 Å². The summed E-state index contributed by atoms with van der Waals surface area (Å²) < 4.78 is 6.49. The summed E-state index contributed by atoms with van der Waals surface area (Å²) in [5, 5.41) is 12.3. The summed E-state index contributed by atoms with van der Waals surface area (Å²) in [6, 6.07) is 11.1. The average molecular weight is 475 g/mol. The van der Waals surface area contributed by atoms with Crippen molar-refractivity contribution in [2.24, 2.45) is 21.9 Å². The number of fused-ring (bicyclic) bond motifs is 1. The summed E-state index contributed by atoms with van der Waals surface area (Å²) in [5.74, 6) is 1.39. The van der Waals surface area contributed by atoms with Crippen molar-refractivity contribution in [1.82, 2.24) is 5.32 Å². The maximum Gasteiger partial charge on any atom is 0.246 e. The second kappa shape index (κ2) is 8.50. The van der Waals surface area contributed by atoms with E-state index in [4.69, 9.17) is 10.5 Å². The van der Waals surface area contributed by atoms with E-state index in [1.165, 1.54) is 12.8 Å². The van der Waals surface area contributed by atoms with Crippen molar-refractivity contribution in [2.45, 2.75) is 30.7 Å². The van der Waals surface area contributed by atoms with Gasteiger partial charge >= 0.3 is 0 Å². The Morgan fingerprint density at radius 2 is 2.10 bits per heavy atom. The van der Waals surface area contributed by atoms with Crippen molar-refractivity contribution >= 4 is 36.1 Å². The molecular weight excluding hydrogens is 451 g/mol. The van der Waals surface area contributed by atoms with Crippen LogP contribution in [0.2, 0.25) is 0 Å². The number of azo groups is 1. The molecule has 2 aromatic carbocycles. The van der Waals surface area contributed by atoms with Crippen molar-refractivity contribution in [3.05, 3.63) is 46.4 Å². The van der Waals surface area contributed by atoms with Crippen LogP contribution in [-0.2, 0) is 4.79 Å². The maximum absolute atomic E-state index is 12.0. The smallest absolute Gasteiger partial charge is 0.246 e. The first kappa shape index (κ1) is 20.5. The number of halogens is 1. The van der Waals surface area contributed by atoms with Crippen molar-refractivity contribution in [3.8, 4) is 16.9 Å². The molecule has 4 unspecified atom stereocenters. The first-order chi connectivity index (χ1) is 14.0. The molecule has 0 radical (unpaired) electrons. The van der Waals surface area contributed by atoms with Crippen LogP contribution in [0, 0.1) is 5.92 Å². The molecule has 0 bridgehead atoms. The first-order valence-electron chi connectivity index (χ1n) is 9.63. The third-order valence-corrected chi connectivity index (χ3v) is 7.25. The number of nitrogens with zero attached hydrogens (tertiary/aromatic N) is 2. The number of hydrogen-bond donors (Lipinski definition) is 2. The highest BCUT2D eigenvalue weighted by atomic mass is 79.9. The molecule has 1 fully saturated rings. The summed E-state index contributed by atoms with van der Waals surface area (Å²) in [6.07, 6.45) is 2.48. The summed E-state index contributed by atoms with van der Waals surface area (Å²) in [6.45, 7) is 2.20. The van der Waals surface area contributed by atoms with E-state index in [9.17, 15) is 4.79 Å². The van der Waals surface area contributed by atoms with Crippen LogP contribution in [-0.4, -0.2) is 31.5 Å². The number of benzene rings is 2. The molecular formula is C21H24BrN4O2P. The predicted octanol–water partition coefficient (Wildman–Crippen LogP) is 4.75. The Kier molecular flexibility index (Phi) is 6.00. The molecule has 8 heteroatoms. The zero-order valence-electron chi connectivity index (χ0n) is 16.4. The molecule has 1 aliphatic carbocycles. The Bertz CT molecular complexity index is 964. The molecule has 3 N–H and O–H groups in total. The number of carbonyl (C=O) groups excluding carboxylic acids is 1. The fourth-order valence-electron chi connectivity index (χ4n) is 3.81. The Morgan fingerprint density at radius 1 is 1.31 bits per heavy atom. The van der Waals surface area contributed by atoms with E-state index in [1.807, 2.05) is 36.4 Å². The van der Waals surface area contributed by atoms with Gasteiger partial charge in [0.1, 0.15) is 5.75 Å². The third kappa shape index (κ3) is 4.23. The van der Waals surface area contributed by atoms with Gasteiger partial charge in [0.05, 0.1) is 18.8 Å². The monoisotopic (exact) mass is 474 g/mol. The Labute approximate surface area is 180 Å². The highest BCUT2D eigenvalue weighted by Gasteiger charge is 2.38. The normalized spacial score (nSPS) is 21.9. The largest absolute Gasteiger partial charge is 0.496 e. The van der Waals surface area contributed by atoms with Crippen molar-refractivity contribution in [3.63, 3.8) is 0 Å². The molecule has 2 aromatic rings. The fourth-order valence-corrected chi connectivity index (χ4v) is 5.30. The Hall–Kier alpha value is -1.82. The van der Waals surface area contributed by atoms with Crippen LogP contribution in [0.3, 0.4) is 0 Å². The molecule has 29 heavy (non-hydrogen) atoms.